The second-order valence-corrected chi connectivity index (χ2v) is 8.34. The largest absolute Gasteiger partial charge is 0.372 e. The van der Waals surface area contributed by atoms with Gasteiger partial charge in [0.25, 0.3) is 11.8 Å². The molecular weight excluding hydrogens is 423 g/mol. The van der Waals surface area contributed by atoms with Crippen LogP contribution in [-0.4, -0.2) is 24.9 Å². The van der Waals surface area contributed by atoms with Crippen molar-refractivity contribution in [1.82, 2.24) is 0 Å². The first-order valence-electron chi connectivity index (χ1n) is 10.5. The molecule has 4 nitrogen and oxygen atoms in total. The van der Waals surface area contributed by atoms with Crippen molar-refractivity contribution in [1.29, 1.82) is 0 Å². The molecule has 3 aromatic carbocycles. The number of rotatable bonds is 7. The number of benzene rings is 3. The van der Waals surface area contributed by atoms with Gasteiger partial charge in [-0.1, -0.05) is 42.1 Å². The van der Waals surface area contributed by atoms with E-state index < -0.39 is 11.7 Å². The Bertz CT molecular complexity index is 1150. The average molecular weight is 447 g/mol. The molecule has 1 aliphatic heterocycles. The third-order valence-electron chi connectivity index (χ3n) is 5.37. The molecule has 0 atom stereocenters. The fourth-order valence-corrected chi connectivity index (χ4v) is 4.73. The lowest BCUT2D eigenvalue weighted by Gasteiger charge is -2.22. The maximum Gasteiger partial charge on any atom is 0.272 e. The predicted octanol–water partition coefficient (Wildman–Crippen LogP) is 5.75. The normalized spacial score (nSPS) is 13.8. The minimum atomic E-state index is -0.407. The van der Waals surface area contributed by atoms with Crippen LogP contribution in [0.25, 0.3) is 5.57 Å². The average Bonchev–Trinajstić information content (AvgIpc) is 3.06. The molecule has 162 valence electrons. The third-order valence-corrected chi connectivity index (χ3v) is 6.46. The molecule has 0 aliphatic carbocycles. The van der Waals surface area contributed by atoms with Gasteiger partial charge in [0.1, 0.15) is 5.82 Å². The smallest absolute Gasteiger partial charge is 0.272 e. The first kappa shape index (κ1) is 21.8. The van der Waals surface area contributed by atoms with E-state index in [1.807, 2.05) is 42.5 Å². The van der Waals surface area contributed by atoms with Crippen LogP contribution >= 0.6 is 11.8 Å². The Kier molecular flexibility index (Phi) is 6.42. The topological polar surface area (TPSA) is 40.6 Å². The summed E-state index contributed by atoms with van der Waals surface area (Å²) < 4.78 is 13.5. The zero-order valence-electron chi connectivity index (χ0n) is 17.9. The number of hydrogen-bond donors (Lipinski definition) is 0. The van der Waals surface area contributed by atoms with Gasteiger partial charge in [-0.15, -0.1) is 0 Å². The van der Waals surface area contributed by atoms with Crippen molar-refractivity contribution in [2.75, 3.05) is 22.9 Å². The Morgan fingerprint density at radius 1 is 0.812 bits per heavy atom. The van der Waals surface area contributed by atoms with Crippen molar-refractivity contribution >= 4 is 40.5 Å². The molecule has 6 heteroatoms. The highest BCUT2D eigenvalue weighted by atomic mass is 32.2. The number of imide groups is 1. The van der Waals surface area contributed by atoms with Gasteiger partial charge in [0.05, 0.1) is 16.2 Å². The Labute approximate surface area is 191 Å². The molecule has 0 N–H and O–H groups in total. The first-order valence-corrected chi connectivity index (χ1v) is 11.3. The molecule has 1 heterocycles. The number of carbonyl (C=O) groups excluding carboxylic acids is 2. The summed E-state index contributed by atoms with van der Waals surface area (Å²) in [6.45, 7) is 5.89. The van der Waals surface area contributed by atoms with E-state index in [9.17, 15) is 14.0 Å². The van der Waals surface area contributed by atoms with Crippen molar-refractivity contribution in [2.24, 2.45) is 0 Å². The van der Waals surface area contributed by atoms with E-state index in [1.54, 1.807) is 12.1 Å². The van der Waals surface area contributed by atoms with Crippen molar-refractivity contribution in [3.63, 3.8) is 0 Å². The number of nitrogens with zero attached hydrogens (tertiary/aromatic N) is 2. The van der Waals surface area contributed by atoms with Crippen molar-refractivity contribution in [3.05, 3.63) is 95.1 Å². The van der Waals surface area contributed by atoms with Gasteiger partial charge < -0.3 is 4.90 Å². The van der Waals surface area contributed by atoms with E-state index in [2.05, 4.69) is 18.7 Å². The summed E-state index contributed by atoms with van der Waals surface area (Å²) >= 11 is 1.25. The number of halogens is 1. The van der Waals surface area contributed by atoms with Crippen LogP contribution in [0.5, 0.6) is 0 Å². The van der Waals surface area contributed by atoms with Crippen LogP contribution in [0.2, 0.25) is 0 Å². The summed E-state index contributed by atoms with van der Waals surface area (Å²) in [5.74, 6) is -1.18. The van der Waals surface area contributed by atoms with Crippen molar-refractivity contribution in [3.8, 4) is 0 Å². The number of amides is 2. The number of thioether (sulfide) groups is 1. The second kappa shape index (κ2) is 9.40. The summed E-state index contributed by atoms with van der Waals surface area (Å²) in [6, 6.07) is 22.5. The first-order chi connectivity index (χ1) is 15.5. The molecule has 32 heavy (non-hydrogen) atoms. The summed E-state index contributed by atoms with van der Waals surface area (Å²) in [7, 11) is 0. The highest BCUT2D eigenvalue weighted by Gasteiger charge is 2.40. The molecule has 0 unspecified atom stereocenters. The lowest BCUT2D eigenvalue weighted by atomic mass is 10.1. The quantitative estimate of drug-likeness (QED) is 0.434. The third kappa shape index (κ3) is 4.18. The molecule has 1 aliphatic rings. The van der Waals surface area contributed by atoms with Crippen LogP contribution in [0.3, 0.4) is 0 Å². The maximum absolute atomic E-state index is 13.5. The van der Waals surface area contributed by atoms with E-state index in [4.69, 9.17) is 0 Å². The van der Waals surface area contributed by atoms with Gasteiger partial charge in [-0.2, -0.15) is 0 Å². The number of anilines is 2. The van der Waals surface area contributed by atoms with Gasteiger partial charge in [-0.25, -0.2) is 9.29 Å². The van der Waals surface area contributed by atoms with Crippen molar-refractivity contribution < 1.29 is 14.0 Å². The molecule has 0 saturated carbocycles. The Morgan fingerprint density at radius 3 is 2.03 bits per heavy atom. The lowest BCUT2D eigenvalue weighted by molar-refractivity contribution is -0.119. The Balaban J connectivity index is 1.74. The van der Waals surface area contributed by atoms with Crippen molar-refractivity contribution in [2.45, 2.75) is 18.7 Å². The SMILES string of the molecule is CCN(CC)c1ccc(N2C(=O)C(Sc3ccccc3)=C(c3ccc(F)cc3)C2=O)cc1. The Morgan fingerprint density at radius 2 is 1.44 bits per heavy atom. The minimum Gasteiger partial charge on any atom is -0.372 e. The van der Waals surface area contributed by atoms with E-state index in [0.29, 0.717) is 16.2 Å². The fourth-order valence-electron chi connectivity index (χ4n) is 3.72. The van der Waals surface area contributed by atoms with Crippen LogP contribution in [-0.2, 0) is 9.59 Å². The number of carbonyl (C=O) groups is 2. The van der Waals surface area contributed by atoms with E-state index in [0.717, 1.165) is 23.7 Å². The molecule has 0 bridgehead atoms. The summed E-state index contributed by atoms with van der Waals surface area (Å²) in [5.41, 5.74) is 2.35. The second-order valence-electron chi connectivity index (χ2n) is 7.26. The van der Waals surface area contributed by atoms with Gasteiger partial charge in [-0.05, 0) is 67.9 Å². The number of hydrogen-bond acceptors (Lipinski definition) is 4. The zero-order chi connectivity index (χ0) is 22.7. The molecule has 2 amide bonds. The highest BCUT2D eigenvalue weighted by molar-refractivity contribution is 8.04. The van der Waals surface area contributed by atoms with E-state index in [-0.39, 0.29) is 11.5 Å². The van der Waals surface area contributed by atoms with Crippen LogP contribution < -0.4 is 9.80 Å². The minimum absolute atomic E-state index is 0.289. The fraction of sp³-hybridized carbons (Fsp3) is 0.154. The molecule has 3 aromatic rings. The van der Waals surface area contributed by atoms with Crippen LogP contribution in [0, 0.1) is 5.82 Å². The molecule has 0 aromatic heterocycles. The summed E-state index contributed by atoms with van der Waals surface area (Å²) in [4.78, 5) is 31.5. The molecular formula is C26H23FN2O2S. The summed E-state index contributed by atoms with van der Waals surface area (Å²) in [6.07, 6.45) is 0. The molecule has 4 rings (SSSR count). The van der Waals surface area contributed by atoms with E-state index in [1.165, 1.54) is 40.9 Å². The van der Waals surface area contributed by atoms with Gasteiger partial charge in [-0.3, -0.25) is 9.59 Å². The monoisotopic (exact) mass is 446 g/mol. The summed E-state index contributed by atoms with van der Waals surface area (Å²) in [5, 5.41) is 0. The van der Waals surface area contributed by atoms with Gasteiger partial charge in [0, 0.05) is 23.7 Å². The maximum atomic E-state index is 13.5. The highest BCUT2D eigenvalue weighted by Crippen LogP contribution is 2.41. The Hall–Kier alpha value is -3.38. The zero-order valence-corrected chi connectivity index (χ0v) is 18.7. The van der Waals surface area contributed by atoms with Gasteiger partial charge in [0.2, 0.25) is 0 Å². The molecule has 0 fully saturated rings. The molecule has 0 saturated heterocycles. The lowest BCUT2D eigenvalue weighted by Crippen LogP contribution is -2.31. The molecule has 0 radical (unpaired) electrons. The van der Waals surface area contributed by atoms with Gasteiger partial charge in [0.15, 0.2) is 0 Å². The standard InChI is InChI=1S/C26H23FN2O2S/c1-3-28(4-2)20-14-16-21(17-15-20)29-25(30)23(18-10-12-19(27)13-11-18)24(26(29)31)32-22-8-6-5-7-9-22/h5-17H,3-4H2,1-2H3. The molecule has 0 spiro atoms. The van der Waals surface area contributed by atoms with Crippen LogP contribution in [0.1, 0.15) is 19.4 Å². The predicted molar refractivity (Wildman–Crippen MR) is 128 cm³/mol. The van der Waals surface area contributed by atoms with Crippen LogP contribution in [0.15, 0.2) is 88.7 Å². The van der Waals surface area contributed by atoms with Crippen LogP contribution in [0.4, 0.5) is 15.8 Å². The van der Waals surface area contributed by atoms with Gasteiger partial charge >= 0.3 is 0 Å². The van der Waals surface area contributed by atoms with E-state index >= 15 is 0 Å².